The van der Waals surface area contributed by atoms with Crippen LogP contribution >= 0.6 is 0 Å². The van der Waals surface area contributed by atoms with Gasteiger partial charge in [0.1, 0.15) is 0 Å². The Morgan fingerprint density at radius 2 is 1.29 bits per heavy atom. The van der Waals surface area contributed by atoms with Gasteiger partial charge in [-0.1, -0.05) is 59.3 Å². The molecule has 0 aromatic carbocycles. The second-order valence-corrected chi connectivity index (χ2v) is 6.51. The minimum absolute atomic E-state index is 0.0192. The summed E-state index contributed by atoms with van der Waals surface area (Å²) in [4.78, 5) is 23.2. The fraction of sp³-hybridized carbons (Fsp3) is 0.900. The summed E-state index contributed by atoms with van der Waals surface area (Å²) in [6.45, 7) is 7.17. The van der Waals surface area contributed by atoms with Crippen molar-refractivity contribution in [1.29, 1.82) is 0 Å². The predicted octanol–water partition coefficient (Wildman–Crippen LogP) is 5.43. The van der Waals surface area contributed by atoms with Crippen LogP contribution in [-0.4, -0.2) is 25.2 Å². The molecule has 0 N–H and O–H groups in total. The molecule has 0 aliphatic heterocycles. The Balaban J connectivity index is 3.46. The summed E-state index contributed by atoms with van der Waals surface area (Å²) in [5, 5.41) is 0. The van der Waals surface area contributed by atoms with E-state index in [-0.39, 0.29) is 17.9 Å². The normalized spacial score (nSPS) is 12.0. The Hall–Kier alpha value is -1.06. The molecule has 0 aliphatic carbocycles. The standard InChI is InChI=1S/C20H38O4/c1-4-16-23-19(21)15-13-11-9-7-8-10-12-14-18(6-3)20(22)24-17-5-2/h18H,4-17H2,1-3H3. The van der Waals surface area contributed by atoms with E-state index < -0.39 is 0 Å². The van der Waals surface area contributed by atoms with Crippen molar-refractivity contribution in [2.24, 2.45) is 5.92 Å². The van der Waals surface area contributed by atoms with Crippen molar-refractivity contribution in [3.8, 4) is 0 Å². The van der Waals surface area contributed by atoms with Crippen LogP contribution in [0.15, 0.2) is 0 Å². The first-order valence-electron chi connectivity index (χ1n) is 9.97. The summed E-state index contributed by atoms with van der Waals surface area (Å²) < 4.78 is 10.3. The third-order valence-electron chi connectivity index (χ3n) is 4.18. The molecule has 1 unspecified atom stereocenters. The molecule has 24 heavy (non-hydrogen) atoms. The highest BCUT2D eigenvalue weighted by Gasteiger charge is 2.16. The van der Waals surface area contributed by atoms with Gasteiger partial charge in [-0.2, -0.15) is 0 Å². The minimum atomic E-state index is -0.0579. The molecule has 4 heteroatoms. The number of esters is 2. The zero-order valence-electron chi connectivity index (χ0n) is 16.1. The highest BCUT2D eigenvalue weighted by Crippen LogP contribution is 2.17. The van der Waals surface area contributed by atoms with Crippen molar-refractivity contribution in [3.63, 3.8) is 0 Å². The van der Waals surface area contributed by atoms with E-state index >= 15 is 0 Å². The monoisotopic (exact) mass is 342 g/mol. The van der Waals surface area contributed by atoms with Crippen molar-refractivity contribution < 1.29 is 19.1 Å². The fourth-order valence-electron chi connectivity index (χ4n) is 2.64. The molecular weight excluding hydrogens is 304 g/mol. The van der Waals surface area contributed by atoms with E-state index in [2.05, 4.69) is 6.92 Å². The first-order valence-corrected chi connectivity index (χ1v) is 9.97. The highest BCUT2D eigenvalue weighted by molar-refractivity contribution is 5.72. The molecule has 0 saturated carbocycles. The lowest BCUT2D eigenvalue weighted by molar-refractivity contribution is -0.149. The van der Waals surface area contributed by atoms with Gasteiger partial charge in [0.2, 0.25) is 0 Å². The maximum atomic E-state index is 11.8. The molecule has 0 spiro atoms. The molecule has 1 atom stereocenters. The maximum absolute atomic E-state index is 11.8. The molecule has 142 valence electrons. The first-order chi connectivity index (χ1) is 11.7. The van der Waals surface area contributed by atoms with Crippen molar-refractivity contribution in [3.05, 3.63) is 0 Å². The molecule has 0 radical (unpaired) electrons. The van der Waals surface area contributed by atoms with Crippen LogP contribution in [0.5, 0.6) is 0 Å². The van der Waals surface area contributed by atoms with Gasteiger partial charge in [-0.3, -0.25) is 9.59 Å². The van der Waals surface area contributed by atoms with E-state index in [1.165, 1.54) is 25.7 Å². The van der Waals surface area contributed by atoms with E-state index in [1.807, 2.05) is 13.8 Å². The van der Waals surface area contributed by atoms with Crippen LogP contribution in [0.2, 0.25) is 0 Å². The maximum Gasteiger partial charge on any atom is 0.308 e. The van der Waals surface area contributed by atoms with Gasteiger partial charge in [0.15, 0.2) is 0 Å². The molecule has 0 aromatic heterocycles. The third-order valence-corrected chi connectivity index (χ3v) is 4.18. The first kappa shape index (κ1) is 22.9. The number of hydrogen-bond acceptors (Lipinski definition) is 4. The molecule has 4 nitrogen and oxygen atoms in total. The Kier molecular flexibility index (Phi) is 16.0. The molecule has 0 fully saturated rings. The van der Waals surface area contributed by atoms with Gasteiger partial charge in [0, 0.05) is 6.42 Å². The predicted molar refractivity (Wildman–Crippen MR) is 97.8 cm³/mol. The van der Waals surface area contributed by atoms with Crippen molar-refractivity contribution >= 4 is 11.9 Å². The number of carbonyl (C=O) groups excluding carboxylic acids is 2. The van der Waals surface area contributed by atoms with E-state index in [4.69, 9.17) is 9.47 Å². The molecule has 0 heterocycles. The summed E-state index contributed by atoms with van der Waals surface area (Å²) in [5.41, 5.74) is 0. The van der Waals surface area contributed by atoms with Crippen molar-refractivity contribution in [1.82, 2.24) is 0 Å². The molecule has 0 amide bonds. The summed E-state index contributed by atoms with van der Waals surface area (Å²) in [5.74, 6) is -0.00240. The molecule has 0 saturated heterocycles. The van der Waals surface area contributed by atoms with Crippen LogP contribution in [0, 0.1) is 5.92 Å². The molecule has 0 aliphatic rings. The van der Waals surface area contributed by atoms with Crippen LogP contribution in [-0.2, 0) is 19.1 Å². The SMILES string of the molecule is CCCOC(=O)CCCCCCCCCC(CC)C(=O)OCCC. The number of carbonyl (C=O) groups is 2. The zero-order chi connectivity index (χ0) is 18.0. The summed E-state index contributed by atoms with van der Waals surface area (Å²) >= 11 is 0. The van der Waals surface area contributed by atoms with Crippen LogP contribution < -0.4 is 0 Å². The Labute approximate surface area is 148 Å². The Morgan fingerprint density at radius 3 is 1.88 bits per heavy atom. The van der Waals surface area contributed by atoms with Gasteiger partial charge in [-0.25, -0.2) is 0 Å². The minimum Gasteiger partial charge on any atom is -0.466 e. The van der Waals surface area contributed by atoms with Gasteiger partial charge < -0.3 is 9.47 Å². The average molecular weight is 343 g/mol. The van der Waals surface area contributed by atoms with Gasteiger partial charge in [0.05, 0.1) is 19.1 Å². The quantitative estimate of drug-likeness (QED) is 0.277. The summed E-state index contributed by atoms with van der Waals surface area (Å²) in [6.07, 6.45) is 12.1. The number of unbranched alkanes of at least 4 members (excludes halogenated alkanes) is 6. The van der Waals surface area contributed by atoms with Gasteiger partial charge in [0.25, 0.3) is 0 Å². The van der Waals surface area contributed by atoms with E-state index in [1.54, 1.807) is 0 Å². The smallest absolute Gasteiger partial charge is 0.308 e. The molecule has 0 rings (SSSR count). The molecule has 0 bridgehead atoms. The van der Waals surface area contributed by atoms with E-state index in [9.17, 15) is 9.59 Å². The summed E-state index contributed by atoms with van der Waals surface area (Å²) in [6, 6.07) is 0. The summed E-state index contributed by atoms with van der Waals surface area (Å²) in [7, 11) is 0. The van der Waals surface area contributed by atoms with E-state index in [0.717, 1.165) is 44.9 Å². The third kappa shape index (κ3) is 13.4. The van der Waals surface area contributed by atoms with Crippen molar-refractivity contribution in [2.75, 3.05) is 13.2 Å². The molecular formula is C20H38O4. The Bertz CT molecular complexity index is 315. The van der Waals surface area contributed by atoms with E-state index in [0.29, 0.717) is 19.6 Å². The second kappa shape index (κ2) is 16.8. The lowest BCUT2D eigenvalue weighted by Crippen LogP contribution is -2.17. The zero-order valence-corrected chi connectivity index (χ0v) is 16.1. The molecule has 0 aromatic rings. The largest absolute Gasteiger partial charge is 0.466 e. The van der Waals surface area contributed by atoms with Crippen LogP contribution in [0.4, 0.5) is 0 Å². The van der Waals surface area contributed by atoms with Crippen LogP contribution in [0.1, 0.15) is 97.8 Å². The second-order valence-electron chi connectivity index (χ2n) is 6.51. The number of ether oxygens (including phenoxy) is 2. The van der Waals surface area contributed by atoms with Gasteiger partial charge in [-0.15, -0.1) is 0 Å². The van der Waals surface area contributed by atoms with Gasteiger partial charge >= 0.3 is 11.9 Å². The lowest BCUT2D eigenvalue weighted by Gasteiger charge is -2.13. The number of rotatable bonds is 16. The topological polar surface area (TPSA) is 52.6 Å². The number of hydrogen-bond donors (Lipinski definition) is 0. The Morgan fingerprint density at radius 1 is 0.750 bits per heavy atom. The van der Waals surface area contributed by atoms with Crippen LogP contribution in [0.25, 0.3) is 0 Å². The van der Waals surface area contributed by atoms with Crippen LogP contribution in [0.3, 0.4) is 0 Å². The van der Waals surface area contributed by atoms with Crippen molar-refractivity contribution in [2.45, 2.75) is 97.8 Å². The fourth-order valence-corrected chi connectivity index (χ4v) is 2.64. The van der Waals surface area contributed by atoms with Gasteiger partial charge in [-0.05, 0) is 32.1 Å². The highest BCUT2D eigenvalue weighted by atomic mass is 16.5. The lowest BCUT2D eigenvalue weighted by atomic mass is 9.98. The average Bonchev–Trinajstić information content (AvgIpc) is 2.59.